The SMILES string of the molecule is CCC(CC)(CC)n1c(=S)[nH]c2cc(Cl)cnc21. The van der Waals surface area contributed by atoms with Gasteiger partial charge in [0, 0.05) is 11.7 Å². The fourth-order valence-electron chi connectivity index (χ4n) is 2.63. The lowest BCUT2D eigenvalue weighted by molar-refractivity contribution is 0.254. The van der Waals surface area contributed by atoms with Crippen LogP contribution < -0.4 is 0 Å². The van der Waals surface area contributed by atoms with Gasteiger partial charge in [-0.25, -0.2) is 4.98 Å². The lowest BCUT2D eigenvalue weighted by Gasteiger charge is -2.32. The molecule has 0 aromatic carbocycles. The second-order valence-electron chi connectivity index (χ2n) is 4.58. The molecule has 0 amide bonds. The molecule has 2 rings (SSSR count). The first-order valence-corrected chi connectivity index (χ1v) is 7.13. The maximum absolute atomic E-state index is 5.97. The number of aromatic nitrogens is 3. The average Bonchev–Trinajstić information content (AvgIpc) is 2.69. The van der Waals surface area contributed by atoms with Crippen LogP contribution in [-0.2, 0) is 5.54 Å². The van der Waals surface area contributed by atoms with Gasteiger partial charge in [-0.3, -0.25) is 4.57 Å². The smallest absolute Gasteiger partial charge is 0.179 e. The van der Waals surface area contributed by atoms with Crippen molar-refractivity contribution in [2.24, 2.45) is 0 Å². The van der Waals surface area contributed by atoms with Crippen LogP contribution in [0.4, 0.5) is 0 Å². The lowest BCUT2D eigenvalue weighted by atomic mass is 9.89. The Bertz CT molecular complexity index is 602. The Labute approximate surface area is 117 Å². The number of nitrogens with one attached hydrogen (secondary N) is 1. The number of hydrogen-bond donors (Lipinski definition) is 1. The Hall–Kier alpha value is -0.870. The Balaban J connectivity index is 2.77. The Morgan fingerprint density at radius 2 is 1.94 bits per heavy atom. The highest BCUT2D eigenvalue weighted by atomic mass is 35.5. The minimum atomic E-state index is 0.0379. The van der Waals surface area contributed by atoms with Crippen LogP contribution in [0.5, 0.6) is 0 Å². The number of hydrogen-bond acceptors (Lipinski definition) is 2. The van der Waals surface area contributed by atoms with Crippen molar-refractivity contribution < 1.29 is 0 Å². The van der Waals surface area contributed by atoms with Crippen molar-refractivity contribution in [1.82, 2.24) is 14.5 Å². The first-order valence-electron chi connectivity index (χ1n) is 6.34. The van der Waals surface area contributed by atoms with Crippen molar-refractivity contribution in [3.63, 3.8) is 0 Å². The van der Waals surface area contributed by atoms with Crippen molar-refractivity contribution in [2.75, 3.05) is 0 Å². The number of aromatic amines is 1. The number of imidazole rings is 1. The Morgan fingerprint density at radius 1 is 1.33 bits per heavy atom. The summed E-state index contributed by atoms with van der Waals surface area (Å²) in [6.45, 7) is 6.59. The van der Waals surface area contributed by atoms with Gasteiger partial charge in [0.1, 0.15) is 0 Å². The number of rotatable bonds is 4. The summed E-state index contributed by atoms with van der Waals surface area (Å²) in [6, 6.07) is 1.88. The largest absolute Gasteiger partial charge is 0.329 e. The van der Waals surface area contributed by atoms with Crippen molar-refractivity contribution in [3.8, 4) is 0 Å². The summed E-state index contributed by atoms with van der Waals surface area (Å²) < 4.78 is 2.89. The van der Waals surface area contributed by atoms with Gasteiger partial charge in [-0.2, -0.15) is 0 Å². The number of H-pyrrole nitrogens is 1. The molecule has 0 aliphatic rings. The summed E-state index contributed by atoms with van der Waals surface area (Å²) in [5.41, 5.74) is 1.85. The van der Waals surface area contributed by atoms with Crippen LogP contribution in [-0.4, -0.2) is 14.5 Å². The highest BCUT2D eigenvalue weighted by Crippen LogP contribution is 2.32. The van der Waals surface area contributed by atoms with Gasteiger partial charge in [0.2, 0.25) is 0 Å². The van der Waals surface area contributed by atoms with E-state index in [9.17, 15) is 0 Å². The average molecular weight is 284 g/mol. The second kappa shape index (κ2) is 5.02. The first kappa shape index (κ1) is 13.6. The molecule has 0 radical (unpaired) electrons. The molecule has 1 N–H and O–H groups in total. The van der Waals surface area contributed by atoms with Gasteiger partial charge in [-0.1, -0.05) is 32.4 Å². The van der Waals surface area contributed by atoms with Gasteiger partial charge in [0.25, 0.3) is 0 Å². The third-order valence-corrected chi connectivity index (χ3v) is 4.43. The van der Waals surface area contributed by atoms with E-state index in [0.717, 1.165) is 35.2 Å². The minimum Gasteiger partial charge on any atom is -0.329 e. The first-order chi connectivity index (χ1) is 8.57. The van der Waals surface area contributed by atoms with Crippen LogP contribution in [0.3, 0.4) is 0 Å². The van der Waals surface area contributed by atoms with E-state index in [4.69, 9.17) is 23.8 Å². The molecule has 2 heterocycles. The van der Waals surface area contributed by atoms with E-state index >= 15 is 0 Å². The van der Waals surface area contributed by atoms with Gasteiger partial charge in [-0.05, 0) is 37.5 Å². The zero-order valence-corrected chi connectivity index (χ0v) is 12.5. The van der Waals surface area contributed by atoms with Crippen molar-refractivity contribution in [3.05, 3.63) is 22.1 Å². The third-order valence-electron chi connectivity index (χ3n) is 3.94. The molecule has 0 spiro atoms. The summed E-state index contributed by atoms with van der Waals surface area (Å²) in [4.78, 5) is 7.65. The highest BCUT2D eigenvalue weighted by Gasteiger charge is 2.29. The standard InChI is InChI=1S/C13H18ClN3S/c1-4-13(5-2,6-3)17-11-10(16-12(17)18)7-9(14)8-15-11/h7-8H,4-6H2,1-3H3,(H,16,18). The zero-order valence-electron chi connectivity index (χ0n) is 11.0. The van der Waals surface area contributed by atoms with Gasteiger partial charge in [0.15, 0.2) is 10.4 Å². The number of halogens is 1. The number of fused-ring (bicyclic) bond motifs is 1. The van der Waals surface area contributed by atoms with E-state index in [-0.39, 0.29) is 5.54 Å². The monoisotopic (exact) mass is 283 g/mol. The maximum Gasteiger partial charge on any atom is 0.179 e. The van der Waals surface area contributed by atoms with Crippen LogP contribution in [0.15, 0.2) is 12.3 Å². The van der Waals surface area contributed by atoms with E-state index in [1.807, 2.05) is 6.07 Å². The molecular weight excluding hydrogens is 266 g/mol. The quantitative estimate of drug-likeness (QED) is 0.827. The molecule has 5 heteroatoms. The van der Waals surface area contributed by atoms with Gasteiger partial charge in [0.05, 0.1) is 10.5 Å². The summed E-state index contributed by atoms with van der Waals surface area (Å²) >= 11 is 11.4. The summed E-state index contributed by atoms with van der Waals surface area (Å²) in [6.07, 6.45) is 4.78. The maximum atomic E-state index is 5.97. The molecule has 98 valence electrons. The van der Waals surface area contributed by atoms with E-state index in [0.29, 0.717) is 5.02 Å². The van der Waals surface area contributed by atoms with Gasteiger partial charge < -0.3 is 4.98 Å². The molecule has 0 saturated heterocycles. The molecule has 0 unspecified atom stereocenters. The van der Waals surface area contributed by atoms with Crippen LogP contribution in [0.1, 0.15) is 40.0 Å². The van der Waals surface area contributed by atoms with Crippen LogP contribution in [0.25, 0.3) is 11.2 Å². The van der Waals surface area contributed by atoms with E-state index < -0.39 is 0 Å². The molecule has 0 bridgehead atoms. The molecular formula is C13H18ClN3S. The summed E-state index contributed by atoms with van der Waals surface area (Å²) in [7, 11) is 0. The van der Waals surface area contributed by atoms with Gasteiger partial charge >= 0.3 is 0 Å². The predicted octanol–water partition coefficient (Wildman–Crippen LogP) is 4.67. The predicted molar refractivity (Wildman–Crippen MR) is 78.8 cm³/mol. The topological polar surface area (TPSA) is 33.6 Å². The van der Waals surface area contributed by atoms with Crippen LogP contribution >= 0.6 is 23.8 Å². The van der Waals surface area contributed by atoms with Crippen LogP contribution in [0.2, 0.25) is 5.02 Å². The normalized spacial score (nSPS) is 12.2. The molecule has 0 atom stereocenters. The lowest BCUT2D eigenvalue weighted by Crippen LogP contribution is -2.31. The Kier molecular flexibility index (Phi) is 3.78. The molecule has 0 aliphatic heterocycles. The summed E-state index contributed by atoms with van der Waals surface area (Å²) in [5, 5.41) is 0.626. The van der Waals surface area contributed by atoms with E-state index in [1.54, 1.807) is 6.20 Å². The molecule has 0 aliphatic carbocycles. The molecule has 3 nitrogen and oxygen atoms in total. The van der Waals surface area contributed by atoms with Crippen molar-refractivity contribution >= 4 is 35.0 Å². The molecule has 2 aromatic rings. The van der Waals surface area contributed by atoms with Gasteiger partial charge in [-0.15, -0.1) is 0 Å². The molecule has 0 saturated carbocycles. The van der Waals surface area contributed by atoms with Crippen LogP contribution in [0, 0.1) is 4.77 Å². The van der Waals surface area contributed by atoms with Crippen molar-refractivity contribution in [1.29, 1.82) is 0 Å². The van der Waals surface area contributed by atoms with E-state index in [2.05, 4.69) is 35.3 Å². The third kappa shape index (κ3) is 1.97. The molecule has 18 heavy (non-hydrogen) atoms. The fraction of sp³-hybridized carbons (Fsp3) is 0.538. The molecule has 2 aromatic heterocycles. The Morgan fingerprint density at radius 3 is 2.50 bits per heavy atom. The number of nitrogens with zero attached hydrogens (tertiary/aromatic N) is 2. The minimum absolute atomic E-state index is 0.0379. The fourth-order valence-corrected chi connectivity index (χ4v) is 3.18. The van der Waals surface area contributed by atoms with E-state index in [1.165, 1.54) is 0 Å². The zero-order chi connectivity index (χ0) is 13.3. The molecule has 0 fully saturated rings. The summed E-state index contributed by atoms with van der Waals surface area (Å²) in [5.74, 6) is 0. The second-order valence-corrected chi connectivity index (χ2v) is 5.40. The van der Waals surface area contributed by atoms with Crippen molar-refractivity contribution in [2.45, 2.75) is 45.6 Å². The number of pyridine rings is 1. The highest BCUT2D eigenvalue weighted by molar-refractivity contribution is 7.71.